The molecule has 2 atom stereocenters. The molecule has 92 valence electrons. The van der Waals surface area contributed by atoms with E-state index in [1.807, 2.05) is 13.8 Å². The first-order valence-corrected chi connectivity index (χ1v) is 5.44. The molecule has 3 amide bonds. The minimum atomic E-state index is -0.702. The number of amides is 3. The number of β-amino-alcohol motifs (C(OH)–C–C–N with tert-alkyl or cyclic N) is 1. The molecule has 6 heteroatoms. The van der Waals surface area contributed by atoms with Crippen LogP contribution in [-0.2, 0) is 4.79 Å². The Bertz CT molecular complexity index is 280. The van der Waals surface area contributed by atoms with Crippen LogP contribution in [0.15, 0.2) is 0 Å². The third-order valence-electron chi connectivity index (χ3n) is 2.71. The molecule has 1 unspecified atom stereocenters. The highest BCUT2D eigenvalue weighted by Crippen LogP contribution is 2.13. The van der Waals surface area contributed by atoms with Crippen molar-refractivity contribution in [2.45, 2.75) is 32.4 Å². The van der Waals surface area contributed by atoms with Gasteiger partial charge in [0.2, 0.25) is 5.91 Å². The quantitative estimate of drug-likeness (QED) is 0.595. The molecule has 0 aromatic rings. The first-order chi connectivity index (χ1) is 7.41. The van der Waals surface area contributed by atoms with Crippen LogP contribution in [0.3, 0.4) is 0 Å². The van der Waals surface area contributed by atoms with Gasteiger partial charge in [0.25, 0.3) is 0 Å². The van der Waals surface area contributed by atoms with E-state index in [0.29, 0.717) is 19.5 Å². The number of likely N-dealkylation sites (tertiary alicyclic amines) is 1. The molecule has 1 aliphatic heterocycles. The number of aliphatic hydroxyl groups is 1. The molecule has 1 saturated heterocycles. The summed E-state index contributed by atoms with van der Waals surface area (Å²) in [7, 11) is 0. The van der Waals surface area contributed by atoms with Crippen LogP contribution in [0, 0.1) is 5.92 Å². The van der Waals surface area contributed by atoms with E-state index in [1.54, 1.807) is 4.90 Å². The fourth-order valence-electron chi connectivity index (χ4n) is 1.81. The molecule has 0 aromatic carbocycles. The van der Waals surface area contributed by atoms with E-state index in [1.165, 1.54) is 0 Å². The van der Waals surface area contributed by atoms with Gasteiger partial charge in [-0.3, -0.25) is 4.79 Å². The first-order valence-electron chi connectivity index (χ1n) is 5.44. The number of primary amides is 1. The van der Waals surface area contributed by atoms with E-state index < -0.39 is 18.2 Å². The molecule has 1 fully saturated rings. The number of rotatable bonds is 3. The van der Waals surface area contributed by atoms with Gasteiger partial charge in [-0.05, 0) is 12.3 Å². The number of hydrogen-bond donors (Lipinski definition) is 3. The molecule has 1 rings (SSSR count). The molecular weight excluding hydrogens is 210 g/mol. The third kappa shape index (κ3) is 3.10. The summed E-state index contributed by atoms with van der Waals surface area (Å²) in [5, 5.41) is 11.8. The van der Waals surface area contributed by atoms with Gasteiger partial charge in [0.05, 0.1) is 6.10 Å². The molecule has 0 aliphatic carbocycles. The van der Waals surface area contributed by atoms with Crippen LogP contribution in [0.1, 0.15) is 20.3 Å². The van der Waals surface area contributed by atoms with Crippen LogP contribution in [0.25, 0.3) is 0 Å². The van der Waals surface area contributed by atoms with Crippen LogP contribution >= 0.6 is 0 Å². The van der Waals surface area contributed by atoms with Gasteiger partial charge in [-0.2, -0.15) is 0 Å². The van der Waals surface area contributed by atoms with E-state index in [4.69, 9.17) is 5.73 Å². The van der Waals surface area contributed by atoms with Crippen LogP contribution in [0.2, 0.25) is 0 Å². The Morgan fingerprint density at radius 2 is 2.12 bits per heavy atom. The fraction of sp³-hybridized carbons (Fsp3) is 0.800. The zero-order chi connectivity index (χ0) is 12.3. The van der Waals surface area contributed by atoms with Gasteiger partial charge in [-0.15, -0.1) is 0 Å². The summed E-state index contributed by atoms with van der Waals surface area (Å²) in [4.78, 5) is 24.4. The second-order valence-electron chi connectivity index (χ2n) is 4.46. The molecule has 0 saturated carbocycles. The Balaban J connectivity index is 2.63. The number of carbonyl (C=O) groups excluding carboxylic acids is 2. The van der Waals surface area contributed by atoms with Crippen molar-refractivity contribution in [3.05, 3.63) is 0 Å². The number of hydrogen-bond acceptors (Lipinski definition) is 3. The minimum absolute atomic E-state index is 0.0299. The number of nitrogens with zero attached hydrogens (tertiary/aromatic N) is 1. The lowest BCUT2D eigenvalue weighted by Gasteiger charge is -2.25. The van der Waals surface area contributed by atoms with Gasteiger partial charge in [-0.25, -0.2) is 4.79 Å². The second-order valence-corrected chi connectivity index (χ2v) is 4.46. The average molecular weight is 229 g/mol. The molecule has 4 N–H and O–H groups in total. The highest BCUT2D eigenvalue weighted by molar-refractivity contribution is 5.87. The summed E-state index contributed by atoms with van der Waals surface area (Å²) < 4.78 is 0. The summed E-state index contributed by atoms with van der Waals surface area (Å²) >= 11 is 0. The molecular formula is C10H19N3O3. The molecule has 0 spiro atoms. The summed E-state index contributed by atoms with van der Waals surface area (Å²) in [6.07, 6.45) is 0.137. The van der Waals surface area contributed by atoms with Gasteiger partial charge in [-0.1, -0.05) is 13.8 Å². The van der Waals surface area contributed by atoms with Crippen molar-refractivity contribution < 1.29 is 14.7 Å². The normalized spacial score (nSPS) is 22.2. The molecule has 16 heavy (non-hydrogen) atoms. The zero-order valence-corrected chi connectivity index (χ0v) is 9.64. The summed E-state index contributed by atoms with van der Waals surface area (Å²) in [5.74, 6) is -0.205. The monoisotopic (exact) mass is 229 g/mol. The van der Waals surface area contributed by atoms with Gasteiger partial charge in [0.15, 0.2) is 0 Å². The van der Waals surface area contributed by atoms with Crippen LogP contribution in [0.4, 0.5) is 4.79 Å². The third-order valence-corrected chi connectivity index (χ3v) is 2.71. The van der Waals surface area contributed by atoms with E-state index in [-0.39, 0.29) is 11.8 Å². The average Bonchev–Trinajstić information content (AvgIpc) is 2.59. The Labute approximate surface area is 94.8 Å². The van der Waals surface area contributed by atoms with E-state index in [0.717, 1.165) is 0 Å². The predicted octanol–water partition coefficient (Wildman–Crippen LogP) is -0.727. The predicted molar refractivity (Wildman–Crippen MR) is 58.5 cm³/mol. The first kappa shape index (κ1) is 12.8. The van der Waals surface area contributed by atoms with Crippen molar-refractivity contribution in [1.29, 1.82) is 0 Å². The van der Waals surface area contributed by atoms with E-state index in [9.17, 15) is 14.7 Å². The molecule has 0 aromatic heterocycles. The Morgan fingerprint density at radius 3 is 2.50 bits per heavy atom. The minimum Gasteiger partial charge on any atom is -0.391 e. The molecule has 0 bridgehead atoms. The maximum atomic E-state index is 12.0. The van der Waals surface area contributed by atoms with Crippen molar-refractivity contribution >= 4 is 11.9 Å². The topological polar surface area (TPSA) is 95.7 Å². The molecule has 0 radical (unpaired) electrons. The van der Waals surface area contributed by atoms with Crippen LogP contribution in [0.5, 0.6) is 0 Å². The standard InChI is InChI=1S/C10H19N3O3/c1-6(2)8(12-10(11)16)9(15)13-4-3-7(14)5-13/h6-8,14H,3-5H2,1-2H3,(H3,11,12,16)/t7-,8?/m1/s1. The Kier molecular flexibility index (Phi) is 4.12. The smallest absolute Gasteiger partial charge is 0.312 e. The van der Waals surface area contributed by atoms with Crippen LogP contribution in [-0.4, -0.2) is 47.2 Å². The number of nitrogens with one attached hydrogen (secondary N) is 1. The Hall–Kier alpha value is -1.30. The van der Waals surface area contributed by atoms with Gasteiger partial charge in [0, 0.05) is 13.1 Å². The highest BCUT2D eigenvalue weighted by Gasteiger charge is 2.32. The SMILES string of the molecule is CC(C)C(NC(N)=O)C(=O)N1CC[C@@H](O)C1. The van der Waals surface area contributed by atoms with Crippen molar-refractivity contribution in [3.8, 4) is 0 Å². The maximum absolute atomic E-state index is 12.0. The van der Waals surface area contributed by atoms with Crippen molar-refractivity contribution in [2.75, 3.05) is 13.1 Å². The maximum Gasteiger partial charge on any atom is 0.312 e. The van der Waals surface area contributed by atoms with Gasteiger partial charge in [0.1, 0.15) is 6.04 Å². The van der Waals surface area contributed by atoms with Crippen LogP contribution < -0.4 is 11.1 Å². The number of nitrogens with two attached hydrogens (primary N) is 1. The lowest BCUT2D eigenvalue weighted by Crippen LogP contribution is -2.52. The van der Waals surface area contributed by atoms with Gasteiger partial charge < -0.3 is 21.1 Å². The second kappa shape index (κ2) is 5.16. The van der Waals surface area contributed by atoms with E-state index >= 15 is 0 Å². The summed E-state index contributed by atoms with van der Waals surface area (Å²) in [6, 6.07) is -1.31. The number of aliphatic hydroxyl groups excluding tert-OH is 1. The molecule has 1 heterocycles. The fourth-order valence-corrected chi connectivity index (χ4v) is 1.81. The summed E-state index contributed by atoms with van der Waals surface area (Å²) in [6.45, 7) is 4.54. The van der Waals surface area contributed by atoms with Gasteiger partial charge >= 0.3 is 6.03 Å². The zero-order valence-electron chi connectivity index (χ0n) is 9.64. The Morgan fingerprint density at radius 1 is 1.50 bits per heavy atom. The largest absolute Gasteiger partial charge is 0.391 e. The molecule has 1 aliphatic rings. The van der Waals surface area contributed by atoms with Crippen molar-refractivity contribution in [1.82, 2.24) is 10.2 Å². The highest BCUT2D eigenvalue weighted by atomic mass is 16.3. The lowest BCUT2D eigenvalue weighted by molar-refractivity contribution is -0.133. The van der Waals surface area contributed by atoms with Crippen molar-refractivity contribution in [3.63, 3.8) is 0 Å². The lowest BCUT2D eigenvalue weighted by atomic mass is 10.0. The van der Waals surface area contributed by atoms with E-state index in [2.05, 4.69) is 5.32 Å². The number of carbonyl (C=O) groups is 2. The van der Waals surface area contributed by atoms with Crippen molar-refractivity contribution in [2.24, 2.45) is 11.7 Å². The molecule has 6 nitrogen and oxygen atoms in total. The number of urea groups is 1. The summed E-state index contributed by atoms with van der Waals surface area (Å²) in [5.41, 5.74) is 5.02.